The van der Waals surface area contributed by atoms with E-state index in [1.807, 2.05) is 22.9 Å². The highest BCUT2D eigenvalue weighted by atomic mass is 16.7. The van der Waals surface area contributed by atoms with Crippen molar-refractivity contribution >= 4 is 6.08 Å². The molecular formula is C30H32N6O2. The van der Waals surface area contributed by atoms with E-state index in [2.05, 4.69) is 99.9 Å². The van der Waals surface area contributed by atoms with Gasteiger partial charge < -0.3 is 9.47 Å². The van der Waals surface area contributed by atoms with Crippen LogP contribution in [0, 0.1) is 13.8 Å². The zero-order valence-corrected chi connectivity index (χ0v) is 21.8. The second kappa shape index (κ2) is 10.8. The normalized spacial score (nSPS) is 16.8. The van der Waals surface area contributed by atoms with Gasteiger partial charge in [-0.25, -0.2) is 0 Å². The molecule has 2 aliphatic rings. The smallest absolute Gasteiger partial charge is 0.231 e. The van der Waals surface area contributed by atoms with Gasteiger partial charge in [0.05, 0.1) is 5.69 Å². The first-order valence-corrected chi connectivity index (χ1v) is 13.1. The zero-order valence-electron chi connectivity index (χ0n) is 21.8. The fourth-order valence-electron chi connectivity index (χ4n) is 5.44. The van der Waals surface area contributed by atoms with E-state index in [9.17, 15) is 0 Å². The number of benzene rings is 3. The van der Waals surface area contributed by atoms with Crippen LogP contribution in [0.3, 0.4) is 0 Å². The van der Waals surface area contributed by atoms with Gasteiger partial charge in [-0.1, -0.05) is 72.8 Å². The summed E-state index contributed by atoms with van der Waals surface area (Å²) >= 11 is 0. The van der Waals surface area contributed by atoms with E-state index in [0.29, 0.717) is 0 Å². The molecular weight excluding hydrogens is 476 g/mol. The molecule has 1 fully saturated rings. The number of hydrogen-bond donors (Lipinski definition) is 0. The summed E-state index contributed by atoms with van der Waals surface area (Å²) in [6, 6.07) is 22.6. The van der Waals surface area contributed by atoms with Crippen LogP contribution in [0.4, 0.5) is 0 Å². The number of aryl methyl sites for hydroxylation is 2. The van der Waals surface area contributed by atoms with Crippen molar-refractivity contribution in [1.82, 2.24) is 30.0 Å². The molecule has 4 aromatic rings. The van der Waals surface area contributed by atoms with Crippen LogP contribution in [0.15, 0.2) is 72.8 Å². The van der Waals surface area contributed by atoms with Gasteiger partial charge >= 0.3 is 0 Å². The van der Waals surface area contributed by atoms with Crippen molar-refractivity contribution in [2.45, 2.75) is 19.9 Å². The molecule has 8 heteroatoms. The predicted octanol–water partition coefficient (Wildman–Crippen LogP) is 4.43. The van der Waals surface area contributed by atoms with Crippen molar-refractivity contribution < 1.29 is 9.47 Å². The zero-order chi connectivity index (χ0) is 25.9. The highest BCUT2D eigenvalue weighted by molar-refractivity contribution is 5.53. The molecule has 0 amide bonds. The van der Waals surface area contributed by atoms with Crippen LogP contribution < -0.4 is 9.47 Å². The third kappa shape index (κ3) is 4.80. The van der Waals surface area contributed by atoms with Crippen LogP contribution in [0.2, 0.25) is 0 Å². The van der Waals surface area contributed by atoms with Crippen LogP contribution in [0.5, 0.6) is 11.5 Å². The summed E-state index contributed by atoms with van der Waals surface area (Å²) < 4.78 is 13.6. The van der Waals surface area contributed by atoms with Crippen LogP contribution >= 0.6 is 0 Å². The quantitative estimate of drug-likeness (QED) is 0.366. The van der Waals surface area contributed by atoms with Crippen molar-refractivity contribution in [1.29, 1.82) is 0 Å². The number of tetrazole rings is 1. The molecule has 3 heterocycles. The Hall–Kier alpha value is -4.01. The predicted molar refractivity (Wildman–Crippen MR) is 147 cm³/mol. The highest BCUT2D eigenvalue weighted by Gasteiger charge is 2.35. The molecule has 0 spiro atoms. The van der Waals surface area contributed by atoms with Gasteiger partial charge in [-0.2, -0.15) is 4.68 Å². The largest absolute Gasteiger partial charge is 0.454 e. The first-order valence-electron chi connectivity index (χ1n) is 13.1. The Morgan fingerprint density at radius 2 is 1.63 bits per heavy atom. The lowest BCUT2D eigenvalue weighted by molar-refractivity contribution is 0.111. The molecule has 0 aliphatic carbocycles. The highest BCUT2D eigenvalue weighted by Crippen LogP contribution is 2.42. The van der Waals surface area contributed by atoms with E-state index in [-0.39, 0.29) is 12.8 Å². The Balaban J connectivity index is 1.29. The number of ether oxygens (including phenoxy) is 2. The molecule has 0 N–H and O–H groups in total. The molecule has 2 aliphatic heterocycles. The van der Waals surface area contributed by atoms with E-state index in [1.165, 1.54) is 5.56 Å². The second-order valence-electron chi connectivity index (χ2n) is 9.82. The van der Waals surface area contributed by atoms with Gasteiger partial charge in [0.2, 0.25) is 6.79 Å². The monoisotopic (exact) mass is 508 g/mol. The summed E-state index contributed by atoms with van der Waals surface area (Å²) in [5, 5.41) is 13.2. The van der Waals surface area contributed by atoms with E-state index in [1.54, 1.807) is 0 Å². The molecule has 0 saturated carbocycles. The topological polar surface area (TPSA) is 68.5 Å². The molecule has 0 bridgehead atoms. The maximum Gasteiger partial charge on any atom is 0.231 e. The number of nitrogens with zero attached hydrogens (tertiary/aromatic N) is 6. The van der Waals surface area contributed by atoms with Gasteiger partial charge in [0.1, 0.15) is 6.04 Å². The fourth-order valence-corrected chi connectivity index (χ4v) is 5.44. The summed E-state index contributed by atoms with van der Waals surface area (Å²) in [5.41, 5.74) is 5.53. The summed E-state index contributed by atoms with van der Waals surface area (Å²) in [6.45, 7) is 9.01. The fraction of sp³-hybridized carbons (Fsp3) is 0.300. The van der Waals surface area contributed by atoms with Gasteiger partial charge in [-0.3, -0.25) is 9.80 Å². The minimum Gasteiger partial charge on any atom is -0.454 e. The molecule has 1 aromatic heterocycles. The maximum atomic E-state index is 5.96. The van der Waals surface area contributed by atoms with Gasteiger partial charge in [-0.15, -0.1) is 5.10 Å². The average Bonchev–Trinajstić information content (AvgIpc) is 3.61. The number of aromatic nitrogens is 4. The van der Waals surface area contributed by atoms with Crippen LogP contribution in [-0.2, 0) is 0 Å². The van der Waals surface area contributed by atoms with Crippen LogP contribution in [0.1, 0.15) is 34.1 Å². The average molecular weight is 509 g/mol. The Morgan fingerprint density at radius 1 is 0.868 bits per heavy atom. The maximum absolute atomic E-state index is 5.96. The Morgan fingerprint density at radius 3 is 2.42 bits per heavy atom. The lowest BCUT2D eigenvalue weighted by Gasteiger charge is -2.38. The molecule has 8 nitrogen and oxygen atoms in total. The van der Waals surface area contributed by atoms with E-state index in [4.69, 9.17) is 9.47 Å². The molecule has 3 aromatic carbocycles. The van der Waals surface area contributed by atoms with E-state index in [0.717, 1.165) is 72.4 Å². The van der Waals surface area contributed by atoms with Gasteiger partial charge in [0, 0.05) is 38.3 Å². The van der Waals surface area contributed by atoms with Gasteiger partial charge in [0.15, 0.2) is 17.3 Å². The Kier molecular flexibility index (Phi) is 6.90. The van der Waals surface area contributed by atoms with Crippen molar-refractivity contribution in [3.63, 3.8) is 0 Å². The first-order chi connectivity index (χ1) is 18.7. The number of piperazine rings is 1. The first kappa shape index (κ1) is 24.3. The van der Waals surface area contributed by atoms with Crippen molar-refractivity contribution in [3.8, 4) is 17.2 Å². The summed E-state index contributed by atoms with van der Waals surface area (Å²) in [5.74, 6) is 2.33. The molecule has 0 unspecified atom stereocenters. The number of rotatable bonds is 7. The third-order valence-electron chi connectivity index (χ3n) is 7.36. The summed E-state index contributed by atoms with van der Waals surface area (Å²) in [6.07, 6.45) is 4.44. The molecule has 38 heavy (non-hydrogen) atoms. The van der Waals surface area contributed by atoms with E-state index >= 15 is 0 Å². The summed E-state index contributed by atoms with van der Waals surface area (Å²) in [4.78, 5) is 4.95. The van der Waals surface area contributed by atoms with Crippen molar-refractivity contribution in [3.05, 3.63) is 101 Å². The minimum atomic E-state index is -0.178. The molecule has 1 atom stereocenters. The van der Waals surface area contributed by atoms with Crippen LogP contribution in [0.25, 0.3) is 11.8 Å². The molecule has 194 valence electrons. The second-order valence-corrected chi connectivity index (χ2v) is 9.82. The molecule has 1 saturated heterocycles. The van der Waals surface area contributed by atoms with Crippen LogP contribution in [-0.4, -0.2) is 69.5 Å². The number of hydrogen-bond acceptors (Lipinski definition) is 7. The Labute approximate surface area is 223 Å². The SMILES string of the molecule is Cc1cccc(C)c1-n1nnnc1[C@H](c1cccc2c1OCO2)N1CCN(C/C=C/c2ccccc2)CC1. The lowest BCUT2D eigenvalue weighted by atomic mass is 10.0. The summed E-state index contributed by atoms with van der Waals surface area (Å²) in [7, 11) is 0. The van der Waals surface area contributed by atoms with Crippen molar-refractivity contribution in [2.75, 3.05) is 39.5 Å². The van der Waals surface area contributed by atoms with E-state index < -0.39 is 0 Å². The standard InChI is InChI=1S/C30H32N6O2/c1-22-9-6-10-23(2)27(22)36-30(31-32-33-36)28(25-14-7-15-26-29(25)38-21-37-26)35-19-17-34(18-20-35)16-8-13-24-11-4-3-5-12-24/h3-15,28H,16-21H2,1-2H3/b13-8+/t28-/m0/s1. The lowest BCUT2D eigenvalue weighted by Crippen LogP contribution is -2.48. The molecule has 0 radical (unpaired) electrons. The van der Waals surface area contributed by atoms with Gasteiger partial charge in [0.25, 0.3) is 0 Å². The van der Waals surface area contributed by atoms with Crippen molar-refractivity contribution in [2.24, 2.45) is 0 Å². The third-order valence-corrected chi connectivity index (χ3v) is 7.36. The molecule has 6 rings (SSSR count). The number of para-hydroxylation sites is 2. The minimum absolute atomic E-state index is 0.178. The van der Waals surface area contributed by atoms with Gasteiger partial charge in [-0.05, 0) is 47.0 Å². The number of fused-ring (bicyclic) bond motifs is 1. The Bertz CT molecular complexity index is 1410.